The third-order valence-electron chi connectivity index (χ3n) is 4.91. The number of amides is 2. The van der Waals surface area contributed by atoms with E-state index in [4.69, 9.17) is 14.2 Å². The predicted octanol–water partition coefficient (Wildman–Crippen LogP) is 2.16. The summed E-state index contributed by atoms with van der Waals surface area (Å²) in [6, 6.07) is 10.3. The van der Waals surface area contributed by atoms with E-state index in [2.05, 4.69) is 0 Å². The monoisotopic (exact) mass is 339 g/mol. The van der Waals surface area contributed by atoms with E-state index >= 15 is 0 Å². The van der Waals surface area contributed by atoms with Crippen molar-refractivity contribution in [2.75, 3.05) is 24.7 Å². The zero-order valence-corrected chi connectivity index (χ0v) is 13.0. The number of para-hydroxylation sites is 1. The highest BCUT2D eigenvalue weighted by atomic mass is 16.6. The summed E-state index contributed by atoms with van der Waals surface area (Å²) in [5.41, 5.74) is 0.419. The Morgan fingerprint density at radius 3 is 2.48 bits per heavy atom. The Labute approximate surface area is 142 Å². The zero-order valence-electron chi connectivity index (χ0n) is 13.0. The Bertz CT molecular complexity index is 939. The zero-order chi connectivity index (χ0) is 17.2. The number of benzene rings is 2. The second-order valence-electron chi connectivity index (χ2n) is 6.13. The van der Waals surface area contributed by atoms with E-state index in [0.717, 1.165) is 4.90 Å². The second-order valence-corrected chi connectivity index (χ2v) is 6.13. The van der Waals surface area contributed by atoms with Crippen LogP contribution in [0.2, 0.25) is 0 Å². The smallest absolute Gasteiger partial charge is 0.418 e. The molecule has 25 heavy (non-hydrogen) atoms. The normalized spacial score (nSPS) is 22.6. The maximum Gasteiger partial charge on any atom is 0.418 e. The van der Waals surface area contributed by atoms with Crippen LogP contribution in [0.15, 0.2) is 36.4 Å². The molecule has 0 fully saturated rings. The van der Waals surface area contributed by atoms with Crippen molar-refractivity contribution in [2.24, 2.45) is 0 Å². The first-order chi connectivity index (χ1) is 12.1. The molecule has 0 saturated carbocycles. The molecule has 0 saturated heterocycles. The first-order valence-electron chi connectivity index (χ1n) is 7.87. The van der Waals surface area contributed by atoms with Crippen LogP contribution in [0.1, 0.15) is 11.1 Å². The van der Waals surface area contributed by atoms with Gasteiger partial charge < -0.3 is 19.3 Å². The van der Waals surface area contributed by atoms with Gasteiger partial charge in [-0.1, -0.05) is 18.2 Å². The van der Waals surface area contributed by atoms with Crippen molar-refractivity contribution in [2.45, 2.75) is 5.41 Å². The number of hydrogen-bond acceptors (Lipinski definition) is 5. The van der Waals surface area contributed by atoms with Crippen LogP contribution >= 0.6 is 0 Å². The molecule has 2 amide bonds. The van der Waals surface area contributed by atoms with Gasteiger partial charge in [0.05, 0.1) is 5.69 Å². The molecule has 1 atom stereocenters. The fraction of sp³-hybridized carbons (Fsp3) is 0.222. The van der Waals surface area contributed by atoms with Gasteiger partial charge in [0.25, 0.3) is 5.91 Å². The van der Waals surface area contributed by atoms with Crippen molar-refractivity contribution in [1.29, 1.82) is 0 Å². The van der Waals surface area contributed by atoms with Gasteiger partial charge >= 0.3 is 6.09 Å². The molecule has 0 aromatic heterocycles. The van der Waals surface area contributed by atoms with Crippen molar-refractivity contribution < 1.29 is 28.9 Å². The summed E-state index contributed by atoms with van der Waals surface area (Å²) in [5.74, 6) is 1.08. The third-order valence-corrected chi connectivity index (χ3v) is 4.91. The fourth-order valence-electron chi connectivity index (χ4n) is 3.82. The molecule has 1 spiro atoms. The van der Waals surface area contributed by atoms with Gasteiger partial charge in [-0.2, -0.15) is 0 Å². The standard InChI is InChI=1S/C18H13NO6/c20-16-18(10-3-1-2-4-12(10)19(16)17(21)22)9-25-13-8-15-14(7-11(13)18)23-5-6-24-15/h1-4,7-8H,5-6,9H2,(H,21,22). The summed E-state index contributed by atoms with van der Waals surface area (Å²) in [5, 5.41) is 9.53. The van der Waals surface area contributed by atoms with Crippen molar-refractivity contribution in [3.63, 3.8) is 0 Å². The molecule has 2 aromatic carbocycles. The number of rotatable bonds is 0. The lowest BCUT2D eigenvalue weighted by Gasteiger charge is -2.23. The molecule has 7 heteroatoms. The quantitative estimate of drug-likeness (QED) is 0.792. The van der Waals surface area contributed by atoms with E-state index in [9.17, 15) is 14.7 Å². The lowest BCUT2D eigenvalue weighted by molar-refractivity contribution is -0.121. The molecule has 3 aliphatic rings. The molecule has 126 valence electrons. The van der Waals surface area contributed by atoms with Crippen LogP contribution in [0.5, 0.6) is 17.2 Å². The number of imide groups is 1. The van der Waals surface area contributed by atoms with E-state index in [-0.39, 0.29) is 6.61 Å². The van der Waals surface area contributed by atoms with E-state index < -0.39 is 17.4 Å². The maximum absolute atomic E-state index is 13.2. The summed E-state index contributed by atoms with van der Waals surface area (Å²) in [6.07, 6.45) is -1.31. The van der Waals surface area contributed by atoms with E-state index in [1.165, 1.54) is 0 Å². The topological polar surface area (TPSA) is 85.3 Å². The van der Waals surface area contributed by atoms with Crippen LogP contribution in [-0.2, 0) is 10.2 Å². The Hall–Kier alpha value is -3.22. The largest absolute Gasteiger partial charge is 0.491 e. The van der Waals surface area contributed by atoms with Crippen molar-refractivity contribution in [1.82, 2.24) is 0 Å². The maximum atomic E-state index is 13.2. The minimum absolute atomic E-state index is 0.0465. The average Bonchev–Trinajstić information content (AvgIpc) is 3.11. The van der Waals surface area contributed by atoms with Crippen LogP contribution in [0.25, 0.3) is 0 Å². The Morgan fingerprint density at radius 1 is 1.00 bits per heavy atom. The summed E-state index contributed by atoms with van der Waals surface area (Å²) in [6.45, 7) is 0.918. The lowest BCUT2D eigenvalue weighted by atomic mass is 9.77. The molecule has 1 unspecified atom stereocenters. The number of fused-ring (bicyclic) bond motifs is 5. The SMILES string of the molecule is O=C(O)N1C(=O)C2(COc3cc4c(cc32)OCCO4)c2ccccc21. The number of carbonyl (C=O) groups is 2. The Morgan fingerprint density at radius 2 is 1.72 bits per heavy atom. The molecule has 3 aliphatic heterocycles. The third kappa shape index (κ3) is 1.64. The summed E-state index contributed by atoms with van der Waals surface area (Å²) < 4.78 is 17.0. The minimum Gasteiger partial charge on any atom is -0.491 e. The molecule has 0 bridgehead atoms. The number of ether oxygens (including phenoxy) is 3. The van der Waals surface area contributed by atoms with Gasteiger partial charge in [0.2, 0.25) is 0 Å². The van der Waals surface area contributed by atoms with Gasteiger partial charge in [-0.05, 0) is 12.1 Å². The first-order valence-corrected chi connectivity index (χ1v) is 7.87. The van der Waals surface area contributed by atoms with Crippen LogP contribution in [0.3, 0.4) is 0 Å². The highest BCUT2D eigenvalue weighted by Crippen LogP contribution is 2.54. The van der Waals surface area contributed by atoms with Gasteiger partial charge in [-0.3, -0.25) is 4.79 Å². The molecule has 2 aromatic rings. The number of nitrogens with zero attached hydrogens (tertiary/aromatic N) is 1. The molecule has 1 N–H and O–H groups in total. The molecule has 0 radical (unpaired) electrons. The number of hydrogen-bond donors (Lipinski definition) is 1. The minimum atomic E-state index is -1.31. The Balaban J connectivity index is 1.77. The number of carbonyl (C=O) groups excluding carboxylic acids is 1. The van der Waals surface area contributed by atoms with Crippen molar-refractivity contribution >= 4 is 17.7 Å². The molecule has 0 aliphatic carbocycles. The van der Waals surface area contributed by atoms with Gasteiger partial charge in [-0.25, -0.2) is 9.69 Å². The van der Waals surface area contributed by atoms with Crippen LogP contribution in [-0.4, -0.2) is 36.9 Å². The van der Waals surface area contributed by atoms with Gasteiger partial charge in [0.1, 0.15) is 31.0 Å². The summed E-state index contributed by atoms with van der Waals surface area (Å²) in [4.78, 5) is 25.6. The summed E-state index contributed by atoms with van der Waals surface area (Å²) >= 11 is 0. The molecular weight excluding hydrogens is 326 g/mol. The second kappa shape index (κ2) is 4.66. The van der Waals surface area contributed by atoms with Crippen LogP contribution in [0.4, 0.5) is 10.5 Å². The van der Waals surface area contributed by atoms with E-state index in [1.54, 1.807) is 36.4 Å². The van der Waals surface area contributed by atoms with Gasteiger partial charge in [0.15, 0.2) is 11.5 Å². The number of anilines is 1. The highest BCUT2D eigenvalue weighted by Gasteiger charge is 2.58. The highest BCUT2D eigenvalue weighted by molar-refractivity contribution is 6.22. The van der Waals surface area contributed by atoms with E-state index in [1.807, 2.05) is 0 Å². The molecule has 5 rings (SSSR count). The van der Waals surface area contributed by atoms with Crippen molar-refractivity contribution in [3.8, 4) is 17.2 Å². The predicted molar refractivity (Wildman–Crippen MR) is 85.7 cm³/mol. The molecular formula is C18H13NO6. The van der Waals surface area contributed by atoms with E-state index in [0.29, 0.717) is 47.3 Å². The summed E-state index contributed by atoms with van der Waals surface area (Å²) in [7, 11) is 0. The molecule has 7 nitrogen and oxygen atoms in total. The molecule has 3 heterocycles. The van der Waals surface area contributed by atoms with Crippen LogP contribution in [0, 0.1) is 0 Å². The van der Waals surface area contributed by atoms with Gasteiger partial charge in [0, 0.05) is 17.2 Å². The first kappa shape index (κ1) is 14.2. The fourth-order valence-corrected chi connectivity index (χ4v) is 3.82. The lowest BCUT2D eigenvalue weighted by Crippen LogP contribution is -2.44. The number of carboxylic acid groups (broad SMARTS) is 1. The van der Waals surface area contributed by atoms with Crippen LogP contribution < -0.4 is 19.1 Å². The average molecular weight is 339 g/mol. The van der Waals surface area contributed by atoms with Gasteiger partial charge in [-0.15, -0.1) is 0 Å². The van der Waals surface area contributed by atoms with Crippen molar-refractivity contribution in [3.05, 3.63) is 47.5 Å². The Kier molecular flexibility index (Phi) is 2.64.